The number of nitrogens with one attached hydrogen (secondary N) is 1. The maximum atomic E-state index is 13.5. The van der Waals surface area contributed by atoms with Crippen molar-refractivity contribution in [1.29, 1.82) is 0 Å². The molecule has 1 amide bonds. The molecule has 0 unspecified atom stereocenters. The molecule has 7 heteroatoms. The third-order valence-electron chi connectivity index (χ3n) is 3.04. The fraction of sp³-hybridized carbons (Fsp3) is 0.0714. The predicted molar refractivity (Wildman–Crippen MR) is 72.0 cm³/mol. The van der Waals surface area contributed by atoms with Crippen LogP contribution in [0.5, 0.6) is 0 Å². The predicted octanol–water partition coefficient (Wildman–Crippen LogP) is 2.57. The van der Waals surface area contributed by atoms with Gasteiger partial charge in [0, 0.05) is 11.8 Å². The Hall–Kier alpha value is -2.83. The highest BCUT2D eigenvalue weighted by Crippen LogP contribution is 2.19. The molecule has 0 aliphatic rings. The number of aromatic nitrogens is 3. The number of hydrogen-bond donors (Lipinski definition) is 1. The molecule has 0 spiro atoms. The van der Waals surface area contributed by atoms with Crippen molar-refractivity contribution in [1.82, 2.24) is 14.6 Å². The van der Waals surface area contributed by atoms with Gasteiger partial charge in [-0.3, -0.25) is 9.20 Å². The number of carbonyl (C=O) groups is 1. The maximum absolute atomic E-state index is 13.5. The number of halogens is 2. The molecule has 3 aromatic rings. The molecule has 0 aliphatic heterocycles. The number of benzene rings is 1. The number of carbonyl (C=O) groups excluding carboxylic acids is 1. The molecule has 0 aliphatic carbocycles. The Morgan fingerprint density at radius 1 is 1.19 bits per heavy atom. The Balaban J connectivity index is 1.93. The average Bonchev–Trinajstić information content (AvgIpc) is 2.84. The van der Waals surface area contributed by atoms with E-state index < -0.39 is 23.2 Å². The molecule has 2 heterocycles. The molecule has 0 fully saturated rings. The van der Waals surface area contributed by atoms with Gasteiger partial charge in [-0.2, -0.15) is 0 Å². The van der Waals surface area contributed by atoms with E-state index in [1.54, 1.807) is 17.5 Å². The van der Waals surface area contributed by atoms with Gasteiger partial charge in [-0.1, -0.05) is 6.07 Å². The van der Waals surface area contributed by atoms with Crippen LogP contribution in [0.25, 0.3) is 5.65 Å². The van der Waals surface area contributed by atoms with Gasteiger partial charge in [-0.25, -0.2) is 8.78 Å². The van der Waals surface area contributed by atoms with Crippen molar-refractivity contribution < 1.29 is 13.6 Å². The van der Waals surface area contributed by atoms with E-state index in [0.29, 0.717) is 11.5 Å². The van der Waals surface area contributed by atoms with Crippen LogP contribution in [0.15, 0.2) is 36.5 Å². The topological polar surface area (TPSA) is 59.3 Å². The second-order valence-corrected chi connectivity index (χ2v) is 4.44. The zero-order chi connectivity index (χ0) is 15.0. The summed E-state index contributed by atoms with van der Waals surface area (Å²) >= 11 is 0. The van der Waals surface area contributed by atoms with Gasteiger partial charge in [-0.15, -0.1) is 10.2 Å². The number of amides is 1. The van der Waals surface area contributed by atoms with Crippen molar-refractivity contribution in [3.8, 4) is 0 Å². The minimum atomic E-state index is -0.831. The smallest absolute Gasteiger partial charge is 0.256 e. The van der Waals surface area contributed by atoms with Crippen molar-refractivity contribution in [3.63, 3.8) is 0 Å². The lowest BCUT2D eigenvalue weighted by Gasteiger charge is -2.07. The summed E-state index contributed by atoms with van der Waals surface area (Å²) in [6.07, 6.45) is 1.62. The molecule has 5 nitrogen and oxygen atoms in total. The number of fused-ring (bicyclic) bond motifs is 1. The SMILES string of the molecule is Cc1nnc2cc(C(=O)Nc3c(F)cccc3F)ccn12. The number of para-hydroxylation sites is 1. The first kappa shape index (κ1) is 13.2. The Bertz CT molecular complexity index is 824. The third kappa shape index (κ3) is 2.33. The quantitative estimate of drug-likeness (QED) is 0.788. The van der Waals surface area contributed by atoms with Gasteiger partial charge in [0.1, 0.15) is 23.1 Å². The van der Waals surface area contributed by atoms with Crippen molar-refractivity contribution in [2.24, 2.45) is 0 Å². The largest absolute Gasteiger partial charge is 0.317 e. The highest BCUT2D eigenvalue weighted by Gasteiger charge is 2.14. The summed E-state index contributed by atoms with van der Waals surface area (Å²) in [5.74, 6) is -1.61. The van der Waals surface area contributed by atoms with E-state index in [0.717, 1.165) is 12.1 Å². The Kier molecular flexibility index (Phi) is 3.09. The van der Waals surface area contributed by atoms with Gasteiger partial charge in [0.05, 0.1) is 0 Å². The summed E-state index contributed by atoms with van der Waals surface area (Å²) in [5.41, 5.74) is 0.242. The molecular formula is C14H10F2N4O. The van der Waals surface area contributed by atoms with Crippen molar-refractivity contribution in [2.45, 2.75) is 6.92 Å². The lowest BCUT2D eigenvalue weighted by Crippen LogP contribution is -2.14. The van der Waals surface area contributed by atoms with Crippen LogP contribution in [0.3, 0.4) is 0 Å². The van der Waals surface area contributed by atoms with Crippen LogP contribution in [0, 0.1) is 18.6 Å². The van der Waals surface area contributed by atoms with E-state index in [-0.39, 0.29) is 5.56 Å². The highest BCUT2D eigenvalue weighted by atomic mass is 19.1. The van der Waals surface area contributed by atoms with Crippen LogP contribution in [-0.2, 0) is 0 Å². The van der Waals surface area contributed by atoms with E-state index in [2.05, 4.69) is 15.5 Å². The molecule has 0 saturated carbocycles. The van der Waals surface area contributed by atoms with Gasteiger partial charge in [0.2, 0.25) is 0 Å². The fourth-order valence-corrected chi connectivity index (χ4v) is 1.95. The van der Waals surface area contributed by atoms with Gasteiger partial charge < -0.3 is 5.32 Å². The number of anilines is 1. The van der Waals surface area contributed by atoms with Crippen LogP contribution in [0.1, 0.15) is 16.2 Å². The van der Waals surface area contributed by atoms with E-state index in [4.69, 9.17) is 0 Å². The van der Waals surface area contributed by atoms with Crippen molar-refractivity contribution in [3.05, 3.63) is 59.6 Å². The summed E-state index contributed by atoms with van der Waals surface area (Å²) in [6, 6.07) is 6.39. The molecule has 1 N–H and O–H groups in total. The first-order chi connectivity index (χ1) is 10.1. The minimum absolute atomic E-state index is 0.234. The normalized spacial score (nSPS) is 10.8. The molecule has 0 bridgehead atoms. The second kappa shape index (κ2) is 4.93. The van der Waals surface area contributed by atoms with Crippen LogP contribution in [0.2, 0.25) is 0 Å². The first-order valence-electron chi connectivity index (χ1n) is 6.13. The van der Waals surface area contributed by atoms with E-state index in [1.165, 1.54) is 18.2 Å². The molecular weight excluding hydrogens is 278 g/mol. The van der Waals surface area contributed by atoms with Crippen molar-refractivity contribution in [2.75, 3.05) is 5.32 Å². The van der Waals surface area contributed by atoms with E-state index in [9.17, 15) is 13.6 Å². The van der Waals surface area contributed by atoms with Gasteiger partial charge >= 0.3 is 0 Å². The minimum Gasteiger partial charge on any atom is -0.317 e. The summed E-state index contributed by atoms with van der Waals surface area (Å²) in [7, 11) is 0. The third-order valence-corrected chi connectivity index (χ3v) is 3.04. The molecule has 0 radical (unpaired) electrons. The summed E-state index contributed by atoms with van der Waals surface area (Å²) in [5, 5.41) is 9.98. The monoisotopic (exact) mass is 288 g/mol. The average molecular weight is 288 g/mol. The molecule has 3 rings (SSSR count). The van der Waals surface area contributed by atoms with Gasteiger partial charge in [-0.05, 0) is 31.2 Å². The second-order valence-electron chi connectivity index (χ2n) is 4.44. The zero-order valence-electron chi connectivity index (χ0n) is 11.0. The van der Waals surface area contributed by atoms with Gasteiger partial charge in [0.25, 0.3) is 5.91 Å². The van der Waals surface area contributed by atoms with Crippen LogP contribution >= 0.6 is 0 Å². The standard InChI is InChI=1S/C14H10F2N4O/c1-8-18-19-12-7-9(5-6-20(8)12)14(21)17-13-10(15)3-2-4-11(13)16/h2-7H,1H3,(H,17,21). The van der Waals surface area contributed by atoms with E-state index >= 15 is 0 Å². The molecule has 0 atom stereocenters. The number of hydrogen-bond acceptors (Lipinski definition) is 3. The lowest BCUT2D eigenvalue weighted by atomic mass is 10.2. The maximum Gasteiger partial charge on any atom is 0.256 e. The van der Waals surface area contributed by atoms with Crippen LogP contribution in [-0.4, -0.2) is 20.5 Å². The first-order valence-corrected chi connectivity index (χ1v) is 6.13. The van der Waals surface area contributed by atoms with E-state index in [1.807, 2.05) is 0 Å². The number of nitrogens with zero attached hydrogens (tertiary/aromatic N) is 3. The molecule has 106 valence electrons. The lowest BCUT2D eigenvalue weighted by molar-refractivity contribution is 0.102. The Labute approximate surface area is 118 Å². The summed E-state index contributed by atoms with van der Waals surface area (Å²) in [6.45, 7) is 1.77. The molecule has 21 heavy (non-hydrogen) atoms. The molecule has 1 aromatic carbocycles. The number of aryl methyl sites for hydroxylation is 1. The Morgan fingerprint density at radius 2 is 1.90 bits per heavy atom. The zero-order valence-corrected chi connectivity index (χ0v) is 11.0. The Morgan fingerprint density at radius 3 is 2.62 bits per heavy atom. The highest BCUT2D eigenvalue weighted by molar-refractivity contribution is 6.04. The molecule has 0 saturated heterocycles. The summed E-state index contributed by atoms with van der Waals surface area (Å²) < 4.78 is 28.7. The number of pyridine rings is 1. The number of rotatable bonds is 2. The molecule has 2 aromatic heterocycles. The van der Waals surface area contributed by atoms with Crippen LogP contribution in [0.4, 0.5) is 14.5 Å². The van der Waals surface area contributed by atoms with Gasteiger partial charge in [0.15, 0.2) is 5.65 Å². The summed E-state index contributed by atoms with van der Waals surface area (Å²) in [4.78, 5) is 12.1. The van der Waals surface area contributed by atoms with Crippen molar-refractivity contribution >= 4 is 17.2 Å². The van der Waals surface area contributed by atoms with Crippen LogP contribution < -0.4 is 5.32 Å². The fourth-order valence-electron chi connectivity index (χ4n) is 1.95.